The molecule has 6 nitrogen and oxygen atoms in total. The normalized spacial score (nSPS) is 15.4. The van der Waals surface area contributed by atoms with E-state index in [4.69, 9.17) is 4.74 Å². The first-order valence-corrected chi connectivity index (χ1v) is 11.1. The van der Waals surface area contributed by atoms with Gasteiger partial charge in [-0.15, -0.1) is 0 Å². The van der Waals surface area contributed by atoms with Crippen LogP contribution in [0.3, 0.4) is 0 Å². The van der Waals surface area contributed by atoms with Gasteiger partial charge in [-0.2, -0.15) is 0 Å². The van der Waals surface area contributed by atoms with E-state index in [-0.39, 0.29) is 30.3 Å². The molecule has 1 saturated heterocycles. The summed E-state index contributed by atoms with van der Waals surface area (Å²) in [6, 6.07) is 14.5. The largest absolute Gasteiger partial charge is 0.490 e. The number of amides is 2. The molecule has 1 atom stereocenters. The lowest BCUT2D eigenvalue weighted by molar-refractivity contribution is -0.139. The van der Waals surface area contributed by atoms with Gasteiger partial charge in [0.05, 0.1) is 0 Å². The molecule has 0 aromatic heterocycles. The van der Waals surface area contributed by atoms with Crippen molar-refractivity contribution >= 4 is 12.0 Å². The third-order valence-electron chi connectivity index (χ3n) is 5.67. The van der Waals surface area contributed by atoms with E-state index in [1.165, 1.54) is 17.0 Å². The molecule has 1 aliphatic heterocycles. The van der Waals surface area contributed by atoms with Crippen molar-refractivity contribution in [2.75, 3.05) is 13.1 Å². The van der Waals surface area contributed by atoms with Gasteiger partial charge >= 0.3 is 6.09 Å². The van der Waals surface area contributed by atoms with Crippen LogP contribution in [0.25, 0.3) is 0 Å². The summed E-state index contributed by atoms with van der Waals surface area (Å²) in [6.45, 7) is 5.15. The smallest absolute Gasteiger partial charge is 0.408 e. The summed E-state index contributed by atoms with van der Waals surface area (Å²) < 4.78 is 19.0. The van der Waals surface area contributed by atoms with Crippen LogP contribution in [0.1, 0.15) is 38.7 Å². The summed E-state index contributed by atoms with van der Waals surface area (Å²) in [5.74, 6) is 0.305. The zero-order valence-corrected chi connectivity index (χ0v) is 18.6. The van der Waals surface area contributed by atoms with Gasteiger partial charge in [-0.3, -0.25) is 9.69 Å². The monoisotopic (exact) mass is 442 g/mol. The summed E-state index contributed by atoms with van der Waals surface area (Å²) in [4.78, 5) is 28.5. The van der Waals surface area contributed by atoms with Gasteiger partial charge in [0.1, 0.15) is 23.7 Å². The molecule has 0 aliphatic carbocycles. The quantitative estimate of drug-likeness (QED) is 0.638. The number of carbonyl (C=O) groups excluding carboxylic acids is 1. The van der Waals surface area contributed by atoms with E-state index in [0.717, 1.165) is 5.56 Å². The van der Waals surface area contributed by atoms with E-state index < -0.39 is 12.1 Å². The zero-order valence-electron chi connectivity index (χ0n) is 18.6. The number of ether oxygens (including phenoxy) is 1. The van der Waals surface area contributed by atoms with Crippen LogP contribution in [0.5, 0.6) is 5.75 Å². The van der Waals surface area contributed by atoms with Crippen LogP contribution in [-0.4, -0.2) is 52.1 Å². The molecule has 0 bridgehead atoms. The van der Waals surface area contributed by atoms with E-state index in [1.54, 1.807) is 17.0 Å². The maximum atomic E-state index is 13.4. The average molecular weight is 443 g/mol. The Morgan fingerprint density at radius 1 is 1.09 bits per heavy atom. The Bertz CT molecular complexity index is 881. The molecule has 1 heterocycles. The van der Waals surface area contributed by atoms with Crippen molar-refractivity contribution in [2.24, 2.45) is 5.92 Å². The topological polar surface area (TPSA) is 70.1 Å². The van der Waals surface area contributed by atoms with E-state index in [9.17, 15) is 19.1 Å². The number of carbonyl (C=O) groups is 2. The summed E-state index contributed by atoms with van der Waals surface area (Å²) >= 11 is 0. The molecule has 0 saturated carbocycles. The number of likely N-dealkylation sites (tertiary alicyclic amines) is 1. The van der Waals surface area contributed by atoms with Gasteiger partial charge in [0, 0.05) is 32.5 Å². The van der Waals surface area contributed by atoms with Crippen molar-refractivity contribution in [2.45, 2.75) is 51.8 Å². The Hall–Kier alpha value is -3.09. The van der Waals surface area contributed by atoms with Gasteiger partial charge < -0.3 is 14.7 Å². The number of carboxylic acid groups (broad SMARTS) is 1. The van der Waals surface area contributed by atoms with Crippen molar-refractivity contribution in [3.8, 4) is 5.75 Å². The molecule has 1 aliphatic rings. The van der Waals surface area contributed by atoms with Crippen LogP contribution in [0.2, 0.25) is 0 Å². The first-order chi connectivity index (χ1) is 15.3. The third kappa shape index (κ3) is 6.45. The second-order valence-corrected chi connectivity index (χ2v) is 8.64. The van der Waals surface area contributed by atoms with Crippen LogP contribution >= 0.6 is 0 Å². The SMILES string of the molecule is CC(C)C[C@@H](C(=O)N1CCC(Oc2ccc(F)cc2)CC1)N(Cc1ccccc1)C(=O)O. The Labute approximate surface area is 188 Å². The van der Waals surface area contributed by atoms with Crippen molar-refractivity contribution in [3.05, 3.63) is 66.0 Å². The van der Waals surface area contributed by atoms with Gasteiger partial charge in [-0.05, 0) is 42.2 Å². The molecule has 0 radical (unpaired) electrons. The van der Waals surface area contributed by atoms with Crippen LogP contribution < -0.4 is 4.74 Å². The van der Waals surface area contributed by atoms with E-state index in [0.29, 0.717) is 38.1 Å². The summed E-state index contributed by atoms with van der Waals surface area (Å²) in [7, 11) is 0. The summed E-state index contributed by atoms with van der Waals surface area (Å²) in [6.07, 6.45) is 0.589. The second kappa shape index (κ2) is 11.0. The van der Waals surface area contributed by atoms with Crippen LogP contribution in [0, 0.1) is 11.7 Å². The standard InChI is InChI=1S/C25H31FN2O4/c1-18(2)16-23(28(25(30)31)17-19-6-4-3-5-7-19)24(29)27-14-12-22(13-15-27)32-21-10-8-20(26)9-11-21/h3-11,18,22-23H,12-17H2,1-2H3,(H,30,31)/t23-/m0/s1. The van der Waals surface area contributed by atoms with Crippen molar-refractivity contribution in [1.29, 1.82) is 0 Å². The first kappa shape index (κ1) is 23.6. The van der Waals surface area contributed by atoms with E-state index in [2.05, 4.69) is 0 Å². The van der Waals surface area contributed by atoms with Gasteiger partial charge in [-0.25, -0.2) is 9.18 Å². The number of rotatable bonds is 8. The van der Waals surface area contributed by atoms with Gasteiger partial charge in [0.15, 0.2) is 0 Å². The highest BCUT2D eigenvalue weighted by Gasteiger charge is 2.35. The molecule has 2 aromatic rings. The molecule has 1 fully saturated rings. The van der Waals surface area contributed by atoms with Gasteiger partial charge in [0.2, 0.25) is 5.91 Å². The van der Waals surface area contributed by atoms with Crippen molar-refractivity contribution < 1.29 is 23.8 Å². The number of benzene rings is 2. The molecule has 3 rings (SSSR count). The average Bonchev–Trinajstić information content (AvgIpc) is 2.78. The molecule has 2 aromatic carbocycles. The predicted molar refractivity (Wildman–Crippen MR) is 120 cm³/mol. The molecule has 1 N–H and O–H groups in total. The fourth-order valence-electron chi connectivity index (χ4n) is 4.01. The lowest BCUT2D eigenvalue weighted by atomic mass is 9.99. The number of hydrogen-bond acceptors (Lipinski definition) is 3. The Morgan fingerprint density at radius 2 is 1.72 bits per heavy atom. The highest BCUT2D eigenvalue weighted by Crippen LogP contribution is 2.23. The molecule has 7 heteroatoms. The van der Waals surface area contributed by atoms with E-state index >= 15 is 0 Å². The fourth-order valence-corrected chi connectivity index (χ4v) is 4.01. The minimum Gasteiger partial charge on any atom is -0.490 e. The molecule has 0 unspecified atom stereocenters. The minimum atomic E-state index is -1.10. The Kier molecular flexibility index (Phi) is 8.09. The third-order valence-corrected chi connectivity index (χ3v) is 5.67. The predicted octanol–water partition coefficient (Wildman–Crippen LogP) is 4.79. The maximum absolute atomic E-state index is 13.4. The number of hydrogen-bond donors (Lipinski definition) is 1. The zero-order chi connectivity index (χ0) is 23.1. The van der Waals surface area contributed by atoms with Gasteiger partial charge in [-0.1, -0.05) is 44.2 Å². The number of piperidine rings is 1. The minimum absolute atomic E-state index is 0.0621. The van der Waals surface area contributed by atoms with Crippen LogP contribution in [0.15, 0.2) is 54.6 Å². The van der Waals surface area contributed by atoms with Gasteiger partial charge in [0.25, 0.3) is 0 Å². The molecule has 32 heavy (non-hydrogen) atoms. The summed E-state index contributed by atoms with van der Waals surface area (Å²) in [5.41, 5.74) is 0.850. The highest BCUT2D eigenvalue weighted by atomic mass is 19.1. The first-order valence-electron chi connectivity index (χ1n) is 11.1. The van der Waals surface area contributed by atoms with Crippen molar-refractivity contribution in [3.63, 3.8) is 0 Å². The fraction of sp³-hybridized carbons (Fsp3) is 0.440. The van der Waals surface area contributed by atoms with E-state index in [1.807, 2.05) is 44.2 Å². The van der Waals surface area contributed by atoms with Crippen molar-refractivity contribution in [1.82, 2.24) is 9.80 Å². The molecule has 172 valence electrons. The van der Waals surface area contributed by atoms with Crippen LogP contribution in [0.4, 0.5) is 9.18 Å². The maximum Gasteiger partial charge on any atom is 0.408 e. The number of nitrogens with zero attached hydrogens (tertiary/aromatic N) is 2. The Balaban J connectivity index is 1.66. The molecular formula is C25H31FN2O4. The highest BCUT2D eigenvalue weighted by molar-refractivity contribution is 5.85. The number of halogens is 1. The Morgan fingerprint density at radius 3 is 2.28 bits per heavy atom. The lowest BCUT2D eigenvalue weighted by Crippen LogP contribution is -2.53. The molecule has 0 spiro atoms. The van der Waals surface area contributed by atoms with Crippen LogP contribution in [-0.2, 0) is 11.3 Å². The second-order valence-electron chi connectivity index (χ2n) is 8.64. The molecule has 2 amide bonds. The lowest BCUT2D eigenvalue weighted by Gasteiger charge is -2.37. The molecular weight excluding hydrogens is 411 g/mol. The summed E-state index contributed by atoms with van der Waals surface area (Å²) in [5, 5.41) is 9.90.